The third kappa shape index (κ3) is 3.44. The molecule has 92 valence electrons. The maximum Gasteiger partial charge on any atom is 0.244 e. The van der Waals surface area contributed by atoms with Gasteiger partial charge in [0.25, 0.3) is 0 Å². The van der Waals surface area contributed by atoms with Crippen molar-refractivity contribution in [2.24, 2.45) is 13.0 Å². The first-order valence-corrected chi connectivity index (χ1v) is 6.10. The number of carbonyl (C=O) groups is 1. The van der Waals surface area contributed by atoms with Crippen molar-refractivity contribution in [1.82, 2.24) is 15.1 Å². The standard InChI is InChI=1S/C13H19N3O/c1-10-3-5-12(7-10)15-13(17)6-4-11-8-14-16(2)9-11/h4,6,8-10,12H,3,5,7H2,1-2H3,(H,15,17)/b6-4+. The van der Waals surface area contributed by atoms with E-state index >= 15 is 0 Å². The van der Waals surface area contributed by atoms with E-state index in [1.54, 1.807) is 23.0 Å². The lowest BCUT2D eigenvalue weighted by Gasteiger charge is -2.09. The van der Waals surface area contributed by atoms with E-state index in [1.165, 1.54) is 6.42 Å². The minimum Gasteiger partial charge on any atom is -0.350 e. The molecule has 0 bridgehead atoms. The molecule has 1 heterocycles. The van der Waals surface area contributed by atoms with E-state index in [9.17, 15) is 4.79 Å². The predicted molar refractivity (Wildman–Crippen MR) is 67.2 cm³/mol. The van der Waals surface area contributed by atoms with Crippen LogP contribution < -0.4 is 5.32 Å². The SMILES string of the molecule is CC1CCC(NC(=O)/C=C/c2cnn(C)c2)C1. The number of nitrogens with zero attached hydrogens (tertiary/aromatic N) is 2. The zero-order valence-electron chi connectivity index (χ0n) is 10.4. The lowest BCUT2D eigenvalue weighted by atomic mass is 10.1. The maximum absolute atomic E-state index is 11.7. The number of aryl methyl sites for hydroxylation is 1. The lowest BCUT2D eigenvalue weighted by Crippen LogP contribution is -2.31. The molecule has 1 amide bonds. The quantitative estimate of drug-likeness (QED) is 0.808. The van der Waals surface area contributed by atoms with Gasteiger partial charge in [-0.1, -0.05) is 6.92 Å². The van der Waals surface area contributed by atoms with Crippen LogP contribution in [0, 0.1) is 5.92 Å². The zero-order chi connectivity index (χ0) is 12.3. The van der Waals surface area contributed by atoms with E-state index in [4.69, 9.17) is 0 Å². The number of hydrogen-bond donors (Lipinski definition) is 1. The van der Waals surface area contributed by atoms with E-state index in [1.807, 2.05) is 13.2 Å². The summed E-state index contributed by atoms with van der Waals surface area (Å²) in [5.41, 5.74) is 0.947. The van der Waals surface area contributed by atoms with Gasteiger partial charge in [0.1, 0.15) is 0 Å². The molecule has 1 aromatic rings. The van der Waals surface area contributed by atoms with Gasteiger partial charge in [0.2, 0.25) is 5.91 Å². The van der Waals surface area contributed by atoms with E-state index in [-0.39, 0.29) is 5.91 Å². The van der Waals surface area contributed by atoms with Gasteiger partial charge < -0.3 is 5.32 Å². The highest BCUT2D eigenvalue weighted by molar-refractivity contribution is 5.91. The number of amides is 1. The summed E-state index contributed by atoms with van der Waals surface area (Å²) in [5, 5.41) is 7.07. The summed E-state index contributed by atoms with van der Waals surface area (Å²) in [4.78, 5) is 11.7. The fraction of sp³-hybridized carbons (Fsp3) is 0.538. The van der Waals surface area contributed by atoms with Crippen LogP contribution in [0.25, 0.3) is 6.08 Å². The summed E-state index contributed by atoms with van der Waals surface area (Å²) < 4.78 is 1.72. The summed E-state index contributed by atoms with van der Waals surface area (Å²) in [7, 11) is 1.86. The van der Waals surface area contributed by atoms with Crippen LogP contribution >= 0.6 is 0 Å². The Kier molecular flexibility index (Phi) is 3.61. The molecular weight excluding hydrogens is 214 g/mol. The van der Waals surface area contributed by atoms with Crippen molar-refractivity contribution >= 4 is 12.0 Å². The molecule has 0 radical (unpaired) electrons. The number of rotatable bonds is 3. The van der Waals surface area contributed by atoms with Crippen molar-refractivity contribution in [2.45, 2.75) is 32.2 Å². The van der Waals surface area contributed by atoms with E-state index in [2.05, 4.69) is 17.3 Å². The minimum absolute atomic E-state index is 0.00652. The molecule has 0 aliphatic heterocycles. The second kappa shape index (κ2) is 5.17. The number of carbonyl (C=O) groups excluding carboxylic acids is 1. The third-order valence-corrected chi connectivity index (χ3v) is 3.19. The van der Waals surface area contributed by atoms with Crippen molar-refractivity contribution < 1.29 is 4.79 Å². The second-order valence-electron chi connectivity index (χ2n) is 4.90. The molecule has 0 spiro atoms. The van der Waals surface area contributed by atoms with Gasteiger partial charge in [0, 0.05) is 30.9 Å². The Morgan fingerprint density at radius 3 is 3.00 bits per heavy atom. The molecule has 2 unspecified atom stereocenters. The highest BCUT2D eigenvalue weighted by atomic mass is 16.1. The Labute approximate surface area is 102 Å². The Bertz CT molecular complexity index is 422. The van der Waals surface area contributed by atoms with Crippen molar-refractivity contribution in [3.8, 4) is 0 Å². The summed E-state index contributed by atoms with van der Waals surface area (Å²) in [6.07, 6.45) is 10.4. The van der Waals surface area contributed by atoms with Gasteiger partial charge in [0.05, 0.1) is 6.20 Å². The maximum atomic E-state index is 11.7. The van der Waals surface area contributed by atoms with Crippen molar-refractivity contribution in [1.29, 1.82) is 0 Å². The van der Waals surface area contributed by atoms with Crippen LogP contribution in [0.15, 0.2) is 18.5 Å². The molecule has 1 fully saturated rings. The Hall–Kier alpha value is -1.58. The van der Waals surface area contributed by atoms with Crippen LogP contribution in [0.2, 0.25) is 0 Å². The van der Waals surface area contributed by atoms with Crippen LogP contribution in [-0.2, 0) is 11.8 Å². The molecule has 2 atom stereocenters. The predicted octanol–water partition coefficient (Wildman–Crippen LogP) is 1.74. The fourth-order valence-electron chi connectivity index (χ4n) is 2.29. The van der Waals surface area contributed by atoms with Crippen molar-refractivity contribution in [3.63, 3.8) is 0 Å². The zero-order valence-corrected chi connectivity index (χ0v) is 10.4. The van der Waals surface area contributed by atoms with Crippen LogP contribution in [0.3, 0.4) is 0 Å². The Morgan fingerprint density at radius 2 is 2.41 bits per heavy atom. The molecule has 17 heavy (non-hydrogen) atoms. The first-order valence-electron chi connectivity index (χ1n) is 6.10. The molecule has 0 aromatic carbocycles. The third-order valence-electron chi connectivity index (χ3n) is 3.19. The van der Waals surface area contributed by atoms with Gasteiger partial charge in [-0.15, -0.1) is 0 Å². The molecule has 1 aliphatic rings. The number of nitrogens with one attached hydrogen (secondary N) is 1. The topological polar surface area (TPSA) is 46.9 Å². The number of hydrogen-bond acceptors (Lipinski definition) is 2. The van der Waals surface area contributed by atoms with Crippen molar-refractivity contribution in [2.75, 3.05) is 0 Å². The van der Waals surface area contributed by atoms with Crippen LogP contribution in [0.4, 0.5) is 0 Å². The van der Waals surface area contributed by atoms with E-state index in [0.717, 1.165) is 24.3 Å². The Morgan fingerprint density at radius 1 is 1.59 bits per heavy atom. The molecular formula is C13H19N3O. The minimum atomic E-state index is -0.00652. The molecule has 1 aromatic heterocycles. The summed E-state index contributed by atoms with van der Waals surface area (Å²) >= 11 is 0. The Balaban J connectivity index is 1.83. The van der Waals surface area contributed by atoms with Gasteiger partial charge in [-0.2, -0.15) is 5.10 Å². The summed E-state index contributed by atoms with van der Waals surface area (Å²) in [6.45, 7) is 2.23. The van der Waals surface area contributed by atoms with Gasteiger partial charge in [-0.25, -0.2) is 0 Å². The molecule has 4 heteroatoms. The lowest BCUT2D eigenvalue weighted by molar-refractivity contribution is -0.117. The largest absolute Gasteiger partial charge is 0.350 e. The molecule has 4 nitrogen and oxygen atoms in total. The monoisotopic (exact) mass is 233 g/mol. The summed E-state index contributed by atoms with van der Waals surface area (Å²) in [6, 6.07) is 0.357. The molecule has 1 aliphatic carbocycles. The first-order chi connectivity index (χ1) is 8.13. The van der Waals surface area contributed by atoms with Gasteiger partial charge >= 0.3 is 0 Å². The second-order valence-corrected chi connectivity index (χ2v) is 4.90. The summed E-state index contributed by atoms with van der Waals surface area (Å²) in [5.74, 6) is 0.732. The highest BCUT2D eigenvalue weighted by Gasteiger charge is 2.21. The molecule has 1 N–H and O–H groups in total. The number of aromatic nitrogens is 2. The van der Waals surface area contributed by atoms with Gasteiger partial charge in [0.15, 0.2) is 0 Å². The van der Waals surface area contributed by atoms with Crippen LogP contribution in [0.5, 0.6) is 0 Å². The van der Waals surface area contributed by atoms with Crippen LogP contribution in [0.1, 0.15) is 31.7 Å². The molecule has 2 rings (SSSR count). The van der Waals surface area contributed by atoms with Crippen molar-refractivity contribution in [3.05, 3.63) is 24.0 Å². The van der Waals surface area contributed by atoms with E-state index in [0.29, 0.717) is 6.04 Å². The van der Waals surface area contributed by atoms with Gasteiger partial charge in [-0.3, -0.25) is 9.48 Å². The first kappa shape index (κ1) is 11.9. The average Bonchev–Trinajstić information content (AvgIpc) is 2.85. The highest BCUT2D eigenvalue weighted by Crippen LogP contribution is 2.24. The normalized spacial score (nSPS) is 24.4. The average molecular weight is 233 g/mol. The molecule has 0 saturated heterocycles. The fourth-order valence-corrected chi connectivity index (χ4v) is 2.29. The smallest absolute Gasteiger partial charge is 0.244 e. The van der Waals surface area contributed by atoms with Crippen LogP contribution in [-0.4, -0.2) is 21.7 Å². The van der Waals surface area contributed by atoms with Gasteiger partial charge in [-0.05, 0) is 31.3 Å². The molecule has 1 saturated carbocycles. The van der Waals surface area contributed by atoms with E-state index < -0.39 is 0 Å².